The summed E-state index contributed by atoms with van der Waals surface area (Å²) in [5.41, 5.74) is 0.928. The number of ether oxygens (including phenoxy) is 1. The van der Waals surface area contributed by atoms with Gasteiger partial charge >= 0.3 is 0 Å². The van der Waals surface area contributed by atoms with Crippen molar-refractivity contribution in [2.45, 2.75) is 25.8 Å². The van der Waals surface area contributed by atoms with Crippen LogP contribution in [0.2, 0.25) is 0 Å². The topological polar surface area (TPSA) is 76.4 Å². The van der Waals surface area contributed by atoms with Crippen molar-refractivity contribution in [1.82, 2.24) is 15.6 Å². The zero-order valence-electron chi connectivity index (χ0n) is 13.8. The minimum atomic E-state index is -0.00343. The van der Waals surface area contributed by atoms with Gasteiger partial charge in [0, 0.05) is 31.0 Å². The Kier molecular flexibility index (Phi) is 6.17. The van der Waals surface area contributed by atoms with E-state index < -0.39 is 0 Å². The Morgan fingerprint density at radius 1 is 1.35 bits per heavy atom. The molecule has 124 valence electrons. The number of likely N-dealkylation sites (N-methyl/N-ethyl adjacent to an activating group) is 1. The Morgan fingerprint density at radius 2 is 2.09 bits per heavy atom. The summed E-state index contributed by atoms with van der Waals surface area (Å²) in [7, 11) is 3.49. The number of carbonyl (C=O) groups is 1. The van der Waals surface area contributed by atoms with E-state index in [1.807, 2.05) is 38.2 Å². The summed E-state index contributed by atoms with van der Waals surface area (Å²) in [6.45, 7) is 2.62. The molecule has 1 unspecified atom stereocenters. The zero-order valence-corrected chi connectivity index (χ0v) is 13.8. The van der Waals surface area contributed by atoms with E-state index in [0.29, 0.717) is 31.0 Å². The van der Waals surface area contributed by atoms with E-state index in [-0.39, 0.29) is 11.9 Å². The number of oxazole rings is 1. The molecule has 0 fully saturated rings. The summed E-state index contributed by atoms with van der Waals surface area (Å²) < 4.78 is 10.8. The molecule has 0 radical (unpaired) electrons. The highest BCUT2D eigenvalue weighted by molar-refractivity contribution is 5.76. The number of amides is 1. The van der Waals surface area contributed by atoms with Crippen LogP contribution in [0, 0.1) is 0 Å². The lowest BCUT2D eigenvalue weighted by Gasteiger charge is -2.10. The van der Waals surface area contributed by atoms with E-state index in [9.17, 15) is 4.79 Å². The van der Waals surface area contributed by atoms with Gasteiger partial charge in [-0.25, -0.2) is 4.98 Å². The third-order valence-corrected chi connectivity index (χ3v) is 3.59. The molecular formula is C17H23N3O3. The zero-order chi connectivity index (χ0) is 16.7. The summed E-state index contributed by atoms with van der Waals surface area (Å²) in [5, 5.41) is 5.94. The van der Waals surface area contributed by atoms with Crippen molar-refractivity contribution in [2.24, 2.45) is 0 Å². The highest BCUT2D eigenvalue weighted by Gasteiger charge is 2.09. The van der Waals surface area contributed by atoms with Crippen molar-refractivity contribution in [3.05, 3.63) is 36.4 Å². The average Bonchev–Trinajstić information content (AvgIpc) is 3.06. The molecule has 1 aromatic carbocycles. The Morgan fingerprint density at radius 3 is 2.74 bits per heavy atom. The third-order valence-electron chi connectivity index (χ3n) is 3.59. The fourth-order valence-corrected chi connectivity index (χ4v) is 1.99. The number of rotatable bonds is 8. The van der Waals surface area contributed by atoms with Crippen molar-refractivity contribution in [3.63, 3.8) is 0 Å². The molecule has 6 nitrogen and oxygen atoms in total. The first-order valence-electron chi connectivity index (χ1n) is 7.65. The van der Waals surface area contributed by atoms with Gasteiger partial charge in [0.2, 0.25) is 5.91 Å². The number of hydrogen-bond acceptors (Lipinski definition) is 5. The summed E-state index contributed by atoms with van der Waals surface area (Å²) >= 11 is 0. The van der Waals surface area contributed by atoms with Gasteiger partial charge in [-0.3, -0.25) is 4.79 Å². The van der Waals surface area contributed by atoms with Crippen molar-refractivity contribution >= 4 is 5.91 Å². The van der Waals surface area contributed by atoms with Crippen LogP contribution in [-0.4, -0.2) is 37.6 Å². The number of hydrogen-bond donors (Lipinski definition) is 2. The molecule has 1 amide bonds. The lowest BCUT2D eigenvalue weighted by atomic mass is 10.2. The normalized spacial score (nSPS) is 12.0. The highest BCUT2D eigenvalue weighted by Crippen LogP contribution is 2.23. The van der Waals surface area contributed by atoms with Crippen LogP contribution in [0.15, 0.2) is 34.9 Å². The summed E-state index contributed by atoms with van der Waals surface area (Å²) in [6.07, 6.45) is 2.52. The number of aromatic nitrogens is 1. The predicted molar refractivity (Wildman–Crippen MR) is 88.3 cm³/mol. The van der Waals surface area contributed by atoms with Crippen LogP contribution in [-0.2, 0) is 11.2 Å². The summed E-state index contributed by atoms with van der Waals surface area (Å²) in [5.74, 6) is 2.04. The first-order valence-corrected chi connectivity index (χ1v) is 7.65. The van der Waals surface area contributed by atoms with Crippen LogP contribution >= 0.6 is 0 Å². The number of nitrogens with one attached hydrogen (secondary N) is 2. The highest BCUT2D eigenvalue weighted by atomic mass is 16.5. The number of aryl methyl sites for hydroxylation is 1. The molecular weight excluding hydrogens is 294 g/mol. The van der Waals surface area contributed by atoms with Crippen LogP contribution in [0.25, 0.3) is 11.3 Å². The standard InChI is InChI=1S/C17H23N3O3/c1-12(18-2)10-19-16(21)8-9-17-20-11-15(23-17)13-4-6-14(22-3)7-5-13/h4-7,11-12,18H,8-10H2,1-3H3,(H,19,21). The van der Waals surface area contributed by atoms with Gasteiger partial charge in [-0.05, 0) is 38.2 Å². The molecule has 0 saturated heterocycles. The summed E-state index contributed by atoms with van der Waals surface area (Å²) in [4.78, 5) is 16.0. The Hall–Kier alpha value is -2.34. The molecule has 0 bridgehead atoms. The van der Waals surface area contributed by atoms with E-state index in [1.165, 1.54) is 0 Å². The van der Waals surface area contributed by atoms with Crippen LogP contribution in [0.4, 0.5) is 0 Å². The van der Waals surface area contributed by atoms with Gasteiger partial charge in [0.25, 0.3) is 0 Å². The van der Waals surface area contributed by atoms with Crippen molar-refractivity contribution < 1.29 is 13.9 Å². The molecule has 0 spiro atoms. The molecule has 6 heteroatoms. The van der Waals surface area contributed by atoms with Crippen LogP contribution in [0.5, 0.6) is 5.75 Å². The second kappa shape index (κ2) is 8.33. The molecule has 23 heavy (non-hydrogen) atoms. The Balaban J connectivity index is 1.85. The van der Waals surface area contributed by atoms with Crippen LogP contribution in [0.1, 0.15) is 19.2 Å². The monoisotopic (exact) mass is 317 g/mol. The van der Waals surface area contributed by atoms with Crippen molar-refractivity contribution in [2.75, 3.05) is 20.7 Å². The second-order valence-electron chi connectivity index (χ2n) is 5.34. The molecule has 2 N–H and O–H groups in total. The molecule has 0 saturated carbocycles. The average molecular weight is 317 g/mol. The largest absolute Gasteiger partial charge is 0.497 e. The lowest BCUT2D eigenvalue weighted by molar-refractivity contribution is -0.121. The van der Waals surface area contributed by atoms with Gasteiger partial charge < -0.3 is 19.8 Å². The van der Waals surface area contributed by atoms with E-state index in [4.69, 9.17) is 9.15 Å². The molecule has 2 rings (SSSR count). The lowest BCUT2D eigenvalue weighted by Crippen LogP contribution is -2.37. The molecule has 0 aliphatic heterocycles. The van der Waals surface area contributed by atoms with Gasteiger partial charge in [0.05, 0.1) is 13.3 Å². The number of benzene rings is 1. The number of nitrogens with zero attached hydrogens (tertiary/aromatic N) is 1. The Bertz CT molecular complexity index is 622. The van der Waals surface area contributed by atoms with E-state index in [2.05, 4.69) is 15.6 Å². The maximum atomic E-state index is 11.8. The minimum absolute atomic E-state index is 0.00343. The minimum Gasteiger partial charge on any atom is -0.497 e. The van der Waals surface area contributed by atoms with Crippen LogP contribution < -0.4 is 15.4 Å². The van der Waals surface area contributed by atoms with Gasteiger partial charge in [0.1, 0.15) is 5.75 Å². The number of carbonyl (C=O) groups excluding carboxylic acids is 1. The van der Waals surface area contributed by atoms with Gasteiger partial charge in [0.15, 0.2) is 11.7 Å². The van der Waals surface area contributed by atoms with Gasteiger partial charge in [-0.2, -0.15) is 0 Å². The quantitative estimate of drug-likeness (QED) is 0.779. The van der Waals surface area contributed by atoms with Crippen LogP contribution in [0.3, 0.4) is 0 Å². The third kappa shape index (κ3) is 5.10. The molecule has 0 aliphatic carbocycles. The fraction of sp³-hybridized carbons (Fsp3) is 0.412. The van der Waals surface area contributed by atoms with Crippen molar-refractivity contribution in [1.29, 1.82) is 0 Å². The first-order chi connectivity index (χ1) is 11.1. The van der Waals surface area contributed by atoms with Crippen molar-refractivity contribution in [3.8, 4) is 17.1 Å². The van der Waals surface area contributed by atoms with E-state index >= 15 is 0 Å². The number of methoxy groups -OCH3 is 1. The Labute approximate surface area is 136 Å². The first kappa shape index (κ1) is 17.0. The predicted octanol–water partition coefficient (Wildman–Crippen LogP) is 2.01. The van der Waals surface area contributed by atoms with E-state index in [0.717, 1.165) is 11.3 Å². The molecule has 2 aromatic rings. The maximum absolute atomic E-state index is 11.8. The smallest absolute Gasteiger partial charge is 0.220 e. The fourth-order valence-electron chi connectivity index (χ4n) is 1.99. The van der Waals surface area contributed by atoms with Gasteiger partial charge in [-0.1, -0.05) is 0 Å². The summed E-state index contributed by atoms with van der Waals surface area (Å²) in [6, 6.07) is 7.81. The molecule has 1 atom stereocenters. The molecule has 1 aromatic heterocycles. The molecule has 1 heterocycles. The second-order valence-corrected chi connectivity index (χ2v) is 5.34. The van der Waals surface area contributed by atoms with E-state index in [1.54, 1.807) is 13.3 Å². The SMILES string of the molecule is CNC(C)CNC(=O)CCc1ncc(-c2ccc(OC)cc2)o1. The maximum Gasteiger partial charge on any atom is 0.220 e. The van der Waals surface area contributed by atoms with Gasteiger partial charge in [-0.15, -0.1) is 0 Å². The molecule has 0 aliphatic rings.